The van der Waals surface area contributed by atoms with Crippen LogP contribution in [0.5, 0.6) is 0 Å². The average Bonchev–Trinajstić information content (AvgIpc) is 2.52. The highest BCUT2D eigenvalue weighted by molar-refractivity contribution is 5.86. The summed E-state index contributed by atoms with van der Waals surface area (Å²) < 4.78 is 13.4. The molecule has 3 aromatic carbocycles. The number of rotatable bonds is 4. The third-order valence-electron chi connectivity index (χ3n) is 3.88. The second-order valence-electron chi connectivity index (χ2n) is 5.24. The normalized spacial score (nSPS) is 12.5. The van der Waals surface area contributed by atoms with Crippen LogP contribution < -0.4 is 5.32 Å². The maximum absolute atomic E-state index is 13.4. The molecule has 1 nitrogen and oxygen atoms in total. The van der Waals surface area contributed by atoms with Crippen molar-refractivity contribution < 1.29 is 4.39 Å². The maximum Gasteiger partial charge on any atom is 0.123 e. The van der Waals surface area contributed by atoms with E-state index in [4.69, 9.17) is 0 Å². The molecule has 1 N–H and O–H groups in total. The van der Waals surface area contributed by atoms with E-state index in [0.29, 0.717) is 0 Å². The lowest BCUT2D eigenvalue weighted by molar-refractivity contribution is 0.587. The quantitative estimate of drug-likeness (QED) is 0.742. The lowest BCUT2D eigenvalue weighted by Gasteiger charge is -2.19. The Morgan fingerprint density at radius 3 is 2.52 bits per heavy atom. The fourth-order valence-electron chi connectivity index (χ4n) is 2.82. The number of nitrogens with one attached hydrogen (secondary N) is 1. The van der Waals surface area contributed by atoms with Crippen molar-refractivity contribution in [1.29, 1.82) is 0 Å². The minimum Gasteiger partial charge on any atom is -0.313 e. The summed E-state index contributed by atoms with van der Waals surface area (Å²) in [6, 6.07) is 21.7. The molecule has 0 fully saturated rings. The number of fused-ring (bicyclic) bond motifs is 1. The van der Waals surface area contributed by atoms with E-state index >= 15 is 0 Å². The second-order valence-corrected chi connectivity index (χ2v) is 5.24. The van der Waals surface area contributed by atoms with E-state index in [9.17, 15) is 4.39 Å². The molecule has 0 amide bonds. The molecule has 0 aliphatic rings. The lowest BCUT2D eigenvalue weighted by atomic mass is 9.94. The summed E-state index contributed by atoms with van der Waals surface area (Å²) in [6.07, 6.45) is 0.766. The summed E-state index contributed by atoms with van der Waals surface area (Å²) >= 11 is 0. The van der Waals surface area contributed by atoms with Crippen molar-refractivity contribution >= 4 is 10.8 Å². The zero-order valence-electron chi connectivity index (χ0n) is 12.0. The van der Waals surface area contributed by atoms with Crippen LogP contribution in [0.15, 0.2) is 66.7 Å². The van der Waals surface area contributed by atoms with Crippen LogP contribution in [0.3, 0.4) is 0 Å². The Kier molecular flexibility index (Phi) is 3.98. The van der Waals surface area contributed by atoms with Crippen molar-refractivity contribution in [3.05, 3.63) is 83.7 Å². The molecule has 1 unspecified atom stereocenters. The van der Waals surface area contributed by atoms with E-state index in [1.807, 2.05) is 19.2 Å². The van der Waals surface area contributed by atoms with Gasteiger partial charge in [-0.1, -0.05) is 54.6 Å². The van der Waals surface area contributed by atoms with E-state index in [1.54, 1.807) is 12.1 Å². The second kappa shape index (κ2) is 6.06. The molecule has 0 bridgehead atoms. The van der Waals surface area contributed by atoms with Crippen molar-refractivity contribution in [3.63, 3.8) is 0 Å². The molecule has 0 aliphatic heterocycles. The van der Waals surface area contributed by atoms with Gasteiger partial charge in [0, 0.05) is 6.04 Å². The van der Waals surface area contributed by atoms with Crippen LogP contribution in [0.2, 0.25) is 0 Å². The first-order chi connectivity index (χ1) is 10.3. The Morgan fingerprint density at radius 2 is 1.71 bits per heavy atom. The molecule has 1 atom stereocenters. The minimum absolute atomic E-state index is 0.165. The fraction of sp³-hybridized carbons (Fsp3) is 0.158. The molecule has 2 heteroatoms. The van der Waals surface area contributed by atoms with Crippen molar-refractivity contribution in [2.45, 2.75) is 12.5 Å². The molecule has 0 spiro atoms. The molecule has 0 saturated heterocycles. The first-order valence-corrected chi connectivity index (χ1v) is 7.17. The molecule has 3 aromatic rings. The molecule has 21 heavy (non-hydrogen) atoms. The average molecular weight is 279 g/mol. The van der Waals surface area contributed by atoms with E-state index in [-0.39, 0.29) is 11.9 Å². The Balaban J connectivity index is 1.98. The first kappa shape index (κ1) is 13.8. The molecule has 106 valence electrons. The van der Waals surface area contributed by atoms with Gasteiger partial charge < -0.3 is 5.32 Å². The van der Waals surface area contributed by atoms with Gasteiger partial charge in [-0.05, 0) is 47.5 Å². The van der Waals surface area contributed by atoms with E-state index in [0.717, 1.165) is 12.0 Å². The maximum atomic E-state index is 13.4. The molecule has 0 radical (unpaired) electrons. The highest BCUT2D eigenvalue weighted by Crippen LogP contribution is 2.26. The van der Waals surface area contributed by atoms with Gasteiger partial charge >= 0.3 is 0 Å². The number of halogens is 1. The van der Waals surface area contributed by atoms with Gasteiger partial charge in [-0.2, -0.15) is 0 Å². The molecular weight excluding hydrogens is 261 g/mol. The number of hydrogen-bond donors (Lipinski definition) is 1. The zero-order valence-corrected chi connectivity index (χ0v) is 12.0. The predicted octanol–water partition coefficient (Wildman–Crippen LogP) is 4.48. The number of benzene rings is 3. The fourth-order valence-corrected chi connectivity index (χ4v) is 2.82. The van der Waals surface area contributed by atoms with Gasteiger partial charge in [0.1, 0.15) is 5.82 Å². The molecule has 0 heterocycles. The van der Waals surface area contributed by atoms with Gasteiger partial charge in [-0.15, -0.1) is 0 Å². The third-order valence-corrected chi connectivity index (χ3v) is 3.88. The van der Waals surface area contributed by atoms with Gasteiger partial charge in [0.15, 0.2) is 0 Å². The summed E-state index contributed by atoms with van der Waals surface area (Å²) in [5, 5.41) is 5.83. The van der Waals surface area contributed by atoms with Crippen LogP contribution in [0, 0.1) is 5.82 Å². The standard InChI is InChI=1S/C19H18FN/c1-21-19(13-14-6-4-9-16(20)12-14)18-11-5-8-15-7-2-3-10-17(15)18/h2-12,19,21H,13H2,1H3. The van der Waals surface area contributed by atoms with Crippen LogP contribution in [0.4, 0.5) is 4.39 Å². The van der Waals surface area contributed by atoms with Crippen LogP contribution in [0.25, 0.3) is 10.8 Å². The summed E-state index contributed by atoms with van der Waals surface area (Å²) in [5.74, 6) is -0.180. The van der Waals surface area contributed by atoms with E-state index in [2.05, 4.69) is 41.7 Å². The highest BCUT2D eigenvalue weighted by atomic mass is 19.1. The van der Waals surface area contributed by atoms with Crippen molar-refractivity contribution in [3.8, 4) is 0 Å². The van der Waals surface area contributed by atoms with Crippen LogP contribution in [-0.2, 0) is 6.42 Å². The van der Waals surface area contributed by atoms with E-state index in [1.165, 1.54) is 22.4 Å². The van der Waals surface area contributed by atoms with Crippen LogP contribution in [-0.4, -0.2) is 7.05 Å². The van der Waals surface area contributed by atoms with Gasteiger partial charge in [0.05, 0.1) is 0 Å². The van der Waals surface area contributed by atoms with Crippen LogP contribution in [0.1, 0.15) is 17.2 Å². The predicted molar refractivity (Wildman–Crippen MR) is 85.9 cm³/mol. The molecule has 3 rings (SSSR count). The summed E-state index contributed by atoms with van der Waals surface area (Å²) in [6.45, 7) is 0. The van der Waals surface area contributed by atoms with Crippen molar-refractivity contribution in [2.75, 3.05) is 7.05 Å². The molecule has 0 aromatic heterocycles. The largest absolute Gasteiger partial charge is 0.313 e. The minimum atomic E-state index is -0.180. The first-order valence-electron chi connectivity index (χ1n) is 7.17. The van der Waals surface area contributed by atoms with Gasteiger partial charge in [0.25, 0.3) is 0 Å². The summed E-state index contributed by atoms with van der Waals surface area (Å²) in [4.78, 5) is 0. The summed E-state index contributed by atoms with van der Waals surface area (Å²) in [7, 11) is 1.95. The Hall–Kier alpha value is -2.19. The van der Waals surface area contributed by atoms with Crippen LogP contribution >= 0.6 is 0 Å². The Labute approximate surface area is 124 Å². The van der Waals surface area contributed by atoms with Gasteiger partial charge in [0.2, 0.25) is 0 Å². The molecule has 0 aliphatic carbocycles. The molecule has 0 saturated carbocycles. The third kappa shape index (κ3) is 2.96. The number of hydrogen-bond acceptors (Lipinski definition) is 1. The topological polar surface area (TPSA) is 12.0 Å². The Morgan fingerprint density at radius 1 is 0.952 bits per heavy atom. The number of likely N-dealkylation sites (N-methyl/N-ethyl adjacent to an activating group) is 1. The monoisotopic (exact) mass is 279 g/mol. The van der Waals surface area contributed by atoms with Crippen molar-refractivity contribution in [1.82, 2.24) is 5.32 Å². The lowest BCUT2D eigenvalue weighted by Crippen LogP contribution is -2.19. The smallest absolute Gasteiger partial charge is 0.123 e. The van der Waals surface area contributed by atoms with Gasteiger partial charge in [-0.3, -0.25) is 0 Å². The zero-order chi connectivity index (χ0) is 14.7. The van der Waals surface area contributed by atoms with E-state index < -0.39 is 0 Å². The Bertz CT molecular complexity index is 746. The van der Waals surface area contributed by atoms with Crippen molar-refractivity contribution in [2.24, 2.45) is 0 Å². The van der Waals surface area contributed by atoms with Gasteiger partial charge in [-0.25, -0.2) is 4.39 Å². The SMILES string of the molecule is CNC(Cc1cccc(F)c1)c1cccc2ccccc12. The summed E-state index contributed by atoms with van der Waals surface area (Å²) in [5.41, 5.74) is 2.25. The molecular formula is C19H18FN. The highest BCUT2D eigenvalue weighted by Gasteiger charge is 2.13.